The highest BCUT2D eigenvalue weighted by Gasteiger charge is 2.30. The quantitative estimate of drug-likeness (QED) is 0.205. The number of piperidine rings is 1. The molecule has 11 heteroatoms. The Bertz CT molecular complexity index is 1980. The normalized spacial score (nSPS) is 17.5. The molecule has 4 aromatic rings. The number of para-hydroxylation sites is 1. The van der Waals surface area contributed by atoms with Gasteiger partial charge in [0.2, 0.25) is 10.0 Å². The van der Waals surface area contributed by atoms with E-state index in [1.54, 1.807) is 7.11 Å². The number of sulfonamides is 1. The molecule has 2 aliphatic rings. The van der Waals surface area contributed by atoms with Gasteiger partial charge in [-0.05, 0) is 90.8 Å². The number of aromatic nitrogens is 1. The van der Waals surface area contributed by atoms with E-state index in [4.69, 9.17) is 19.2 Å². The summed E-state index contributed by atoms with van der Waals surface area (Å²) in [6, 6.07) is 19.5. The van der Waals surface area contributed by atoms with Crippen LogP contribution < -0.4 is 14.8 Å². The van der Waals surface area contributed by atoms with Crippen LogP contribution in [0.15, 0.2) is 71.6 Å². The molecule has 10 nitrogen and oxygen atoms in total. The second-order valence-corrected chi connectivity index (χ2v) is 14.2. The third-order valence-corrected chi connectivity index (χ3v) is 10.7. The van der Waals surface area contributed by atoms with Crippen LogP contribution in [0.4, 0.5) is 5.69 Å². The molecule has 1 aromatic heterocycles. The third-order valence-electron chi connectivity index (χ3n) is 8.81. The van der Waals surface area contributed by atoms with Crippen molar-refractivity contribution in [3.8, 4) is 11.5 Å². The molecule has 2 heterocycles. The Kier molecular flexibility index (Phi) is 9.79. The molecular formula is C37H39N3O7S. The van der Waals surface area contributed by atoms with Crippen LogP contribution >= 0.6 is 0 Å². The van der Waals surface area contributed by atoms with Crippen molar-refractivity contribution in [1.29, 1.82) is 0 Å². The number of carbonyl (C=O) groups excluding carboxylic acids is 2. The minimum Gasteiger partial charge on any atom is -0.497 e. The van der Waals surface area contributed by atoms with E-state index < -0.39 is 28.5 Å². The Morgan fingerprint density at radius 2 is 1.71 bits per heavy atom. The predicted molar refractivity (Wildman–Crippen MR) is 185 cm³/mol. The molecule has 1 saturated heterocycles. The van der Waals surface area contributed by atoms with Crippen molar-refractivity contribution in [2.24, 2.45) is 5.92 Å². The third kappa shape index (κ3) is 6.93. The number of nitrogens with zero attached hydrogens (tertiary/aromatic N) is 2. The lowest BCUT2D eigenvalue weighted by Crippen LogP contribution is -2.35. The van der Waals surface area contributed by atoms with E-state index in [-0.39, 0.29) is 22.3 Å². The average Bonchev–Trinajstić information content (AvgIpc) is 3.10. The maximum atomic E-state index is 13.8. The molecule has 0 radical (unpaired) electrons. The van der Waals surface area contributed by atoms with Crippen molar-refractivity contribution in [1.82, 2.24) is 9.29 Å². The fourth-order valence-corrected chi connectivity index (χ4v) is 8.00. The summed E-state index contributed by atoms with van der Waals surface area (Å²) in [6.07, 6.45) is 6.10. The molecule has 6 rings (SSSR count). The first-order valence-electron chi connectivity index (χ1n) is 16.1. The number of ether oxygens (including phenoxy) is 3. The molecule has 1 unspecified atom stereocenters. The summed E-state index contributed by atoms with van der Waals surface area (Å²) in [4.78, 5) is 32.0. The number of carbonyl (C=O) groups is 2. The highest BCUT2D eigenvalue weighted by molar-refractivity contribution is 7.89. The van der Waals surface area contributed by atoms with Crippen molar-refractivity contribution < 1.29 is 32.2 Å². The Morgan fingerprint density at radius 1 is 0.958 bits per heavy atom. The highest BCUT2D eigenvalue weighted by Crippen LogP contribution is 2.39. The maximum Gasteiger partial charge on any atom is 0.339 e. The zero-order chi connectivity index (χ0) is 33.8. The lowest BCUT2D eigenvalue weighted by molar-refractivity contribution is -0.119. The van der Waals surface area contributed by atoms with Crippen LogP contribution in [-0.2, 0) is 26.0 Å². The predicted octanol–water partition coefficient (Wildman–Crippen LogP) is 6.35. The SMILES string of the molecule is COc1ccc(/C=C2\CC(C)Cc3c2nc2ccccc2c3C(=O)OCC(=O)Nc2cc(S(=O)(=O)N3CCCCC3)ccc2OC)cc1. The number of anilines is 1. The number of pyridine rings is 1. The minimum atomic E-state index is -3.74. The van der Waals surface area contributed by atoms with Gasteiger partial charge < -0.3 is 19.5 Å². The van der Waals surface area contributed by atoms with E-state index >= 15 is 0 Å². The molecule has 1 amide bonds. The summed E-state index contributed by atoms with van der Waals surface area (Å²) in [5, 5.41) is 3.33. The number of esters is 1. The monoisotopic (exact) mass is 669 g/mol. The van der Waals surface area contributed by atoms with E-state index in [2.05, 4.69) is 18.3 Å². The fraction of sp³-hybridized carbons (Fsp3) is 0.324. The number of hydrogen-bond acceptors (Lipinski definition) is 8. The van der Waals surface area contributed by atoms with E-state index in [1.165, 1.54) is 29.6 Å². The minimum absolute atomic E-state index is 0.0556. The number of allylic oxidation sites excluding steroid dienone is 1. The van der Waals surface area contributed by atoms with Gasteiger partial charge in [0.05, 0.1) is 41.6 Å². The summed E-state index contributed by atoms with van der Waals surface area (Å²) in [7, 11) is -0.685. The molecule has 0 spiro atoms. The molecule has 0 bridgehead atoms. The smallest absolute Gasteiger partial charge is 0.339 e. The van der Waals surface area contributed by atoms with Crippen LogP contribution in [0.5, 0.6) is 11.5 Å². The van der Waals surface area contributed by atoms with Crippen LogP contribution in [0.3, 0.4) is 0 Å². The number of nitrogens with one attached hydrogen (secondary N) is 1. The fourth-order valence-electron chi connectivity index (χ4n) is 6.46. The largest absolute Gasteiger partial charge is 0.497 e. The standard InChI is InChI=1S/C37H39N3O7S/c1-24-19-26(21-25-11-13-27(45-2)14-12-25)36-30(20-24)35(29-9-5-6-10-31(29)39-36)37(42)47-23-34(41)38-32-22-28(15-16-33(32)46-3)48(43,44)40-17-7-4-8-18-40/h5-6,9-16,21-22,24H,4,7-8,17-20,23H2,1-3H3,(H,38,41)/b26-21+. The van der Waals surface area contributed by atoms with Crippen LogP contribution in [-0.4, -0.2) is 63.5 Å². The van der Waals surface area contributed by atoms with Crippen LogP contribution in [0.25, 0.3) is 22.6 Å². The average molecular weight is 670 g/mol. The second kappa shape index (κ2) is 14.2. The Labute approximate surface area is 280 Å². The topological polar surface area (TPSA) is 124 Å². The first-order valence-corrected chi connectivity index (χ1v) is 17.5. The molecule has 0 saturated carbocycles. The summed E-state index contributed by atoms with van der Waals surface area (Å²) >= 11 is 0. The molecule has 3 aromatic carbocycles. The van der Waals surface area contributed by atoms with E-state index in [0.717, 1.165) is 53.8 Å². The van der Waals surface area contributed by atoms with Gasteiger partial charge in [-0.25, -0.2) is 18.2 Å². The second-order valence-electron chi connectivity index (χ2n) is 12.2. The number of rotatable bonds is 9. The number of fused-ring (bicyclic) bond motifs is 2. The van der Waals surface area contributed by atoms with Gasteiger partial charge in [0.1, 0.15) is 11.5 Å². The number of amides is 1. The zero-order valence-corrected chi connectivity index (χ0v) is 28.1. The van der Waals surface area contributed by atoms with Gasteiger partial charge in [-0.15, -0.1) is 0 Å². The number of benzene rings is 3. The van der Waals surface area contributed by atoms with Crippen molar-refractivity contribution in [2.75, 3.05) is 39.2 Å². The van der Waals surface area contributed by atoms with Crippen molar-refractivity contribution in [3.05, 3.63) is 89.1 Å². The van der Waals surface area contributed by atoms with Gasteiger partial charge in [0.25, 0.3) is 5.91 Å². The van der Waals surface area contributed by atoms with Gasteiger partial charge in [0.15, 0.2) is 6.61 Å². The Hall–Kier alpha value is -4.74. The van der Waals surface area contributed by atoms with Crippen LogP contribution in [0.1, 0.15) is 59.8 Å². The molecule has 1 aliphatic heterocycles. The Balaban J connectivity index is 1.26. The van der Waals surface area contributed by atoms with E-state index in [1.807, 2.05) is 48.5 Å². The number of methoxy groups -OCH3 is 2. The first kappa shape index (κ1) is 33.2. The molecule has 1 N–H and O–H groups in total. The number of hydrogen-bond donors (Lipinski definition) is 1. The van der Waals surface area contributed by atoms with E-state index in [9.17, 15) is 18.0 Å². The lowest BCUT2D eigenvalue weighted by Gasteiger charge is -2.26. The molecule has 48 heavy (non-hydrogen) atoms. The molecule has 1 fully saturated rings. The molecular weight excluding hydrogens is 630 g/mol. The van der Waals surface area contributed by atoms with Gasteiger partial charge in [-0.3, -0.25) is 4.79 Å². The van der Waals surface area contributed by atoms with Crippen LogP contribution in [0, 0.1) is 5.92 Å². The zero-order valence-electron chi connectivity index (χ0n) is 27.3. The summed E-state index contributed by atoms with van der Waals surface area (Å²) in [6.45, 7) is 2.46. The van der Waals surface area contributed by atoms with Crippen LogP contribution in [0.2, 0.25) is 0 Å². The highest BCUT2D eigenvalue weighted by atomic mass is 32.2. The molecule has 1 atom stereocenters. The van der Waals surface area contributed by atoms with E-state index in [0.29, 0.717) is 36.0 Å². The van der Waals surface area contributed by atoms with Crippen molar-refractivity contribution in [2.45, 2.75) is 43.9 Å². The van der Waals surface area contributed by atoms with Crippen molar-refractivity contribution >= 4 is 50.1 Å². The summed E-state index contributed by atoms with van der Waals surface area (Å²) < 4.78 is 44.4. The Morgan fingerprint density at radius 3 is 2.44 bits per heavy atom. The van der Waals surface area contributed by atoms with Crippen molar-refractivity contribution in [3.63, 3.8) is 0 Å². The van der Waals surface area contributed by atoms with Gasteiger partial charge in [-0.1, -0.05) is 43.7 Å². The van der Waals surface area contributed by atoms with Gasteiger partial charge >= 0.3 is 5.97 Å². The maximum absolute atomic E-state index is 13.8. The molecule has 1 aliphatic carbocycles. The summed E-state index contributed by atoms with van der Waals surface area (Å²) in [5.41, 5.74) is 4.75. The van der Waals surface area contributed by atoms with Gasteiger partial charge in [-0.2, -0.15) is 4.31 Å². The lowest BCUT2D eigenvalue weighted by atomic mass is 9.80. The molecule has 250 valence electrons. The summed E-state index contributed by atoms with van der Waals surface area (Å²) in [5.74, 6) is 0.0231. The van der Waals surface area contributed by atoms with Gasteiger partial charge in [0, 0.05) is 18.5 Å². The first-order chi connectivity index (χ1) is 23.2.